The maximum atomic E-state index is 14.2. The van der Waals surface area contributed by atoms with Crippen molar-refractivity contribution in [2.75, 3.05) is 0 Å². The Kier molecular flexibility index (Phi) is 25.8. The number of nitrogens with one attached hydrogen (secondary N) is 5. The van der Waals surface area contributed by atoms with E-state index in [0.717, 1.165) is 104 Å². The van der Waals surface area contributed by atoms with Gasteiger partial charge in [-0.05, 0) is 270 Å². The van der Waals surface area contributed by atoms with Crippen LogP contribution in [0.5, 0.6) is 0 Å². The molecule has 15 heterocycles. The number of aromatic amines is 5. The van der Waals surface area contributed by atoms with E-state index in [1.54, 1.807) is 121 Å². The lowest BCUT2D eigenvalue weighted by atomic mass is 9.72. The van der Waals surface area contributed by atoms with E-state index in [-0.39, 0.29) is 117 Å². The Balaban J connectivity index is 0.000000105. The number of hydrogen-bond acceptors (Lipinski definition) is 25. The Labute approximate surface area is 812 Å². The molecule has 10 aliphatic rings. The summed E-state index contributed by atoms with van der Waals surface area (Å²) in [6.07, 6.45) is 47.4. The summed E-state index contributed by atoms with van der Waals surface area (Å²) in [5, 5.41) is 24.7. The van der Waals surface area contributed by atoms with Gasteiger partial charge in [0.15, 0.2) is 28.2 Å². The predicted molar refractivity (Wildman–Crippen MR) is 519 cm³/mol. The average Bonchev–Trinajstić information content (AvgIpc) is 0.880. The maximum Gasteiger partial charge on any atom is 0.262 e. The minimum Gasteiger partial charge on any atom is -0.310 e. The second-order valence-electron chi connectivity index (χ2n) is 42.6. The molecule has 35 nitrogen and oxygen atoms in total. The molecule has 15 aromatic heterocycles. The number of aromatic nitrogens is 30. The highest BCUT2D eigenvalue weighted by molar-refractivity contribution is 5.76. The van der Waals surface area contributed by atoms with Crippen molar-refractivity contribution >= 4 is 55.2 Å². The fourth-order valence-corrected chi connectivity index (χ4v) is 22.6. The first-order valence-corrected chi connectivity index (χ1v) is 50.6. The molecule has 0 aromatic carbocycles. The van der Waals surface area contributed by atoms with Crippen LogP contribution in [0.2, 0.25) is 0 Å². The second kappa shape index (κ2) is 38.6. The van der Waals surface area contributed by atoms with Crippen LogP contribution in [0.15, 0.2) is 135 Å². The quantitative estimate of drug-likeness (QED) is 0.0595. The Morgan fingerprint density at radius 2 is 0.401 bits per heavy atom. The monoisotopic (exact) mass is 1940 g/mol. The van der Waals surface area contributed by atoms with Gasteiger partial charge in [0.2, 0.25) is 0 Å². The van der Waals surface area contributed by atoms with Crippen LogP contribution in [-0.4, -0.2) is 177 Å². The third-order valence-corrected chi connectivity index (χ3v) is 32.3. The molecular weight excluding hydrogens is 1820 g/mol. The lowest BCUT2D eigenvalue weighted by Crippen LogP contribution is -2.29. The number of aryl methyl sites for hydroxylation is 2. The molecule has 10 atom stereocenters. The SMILES string of the molecule is CC1(F)CCC(n2ncc3c(=O)[nH]c([C@@H]4CC[C@@H]4c4ncccn4)nc32)CC1.CC1(F)CCC(n2ncc3c(=O)[nH]c([C@H]4CC[C@@H]4c4ncccn4)nc32)CC1.CC1(F)CCC(n2ncc3c(=O)[nH]c([C@H]4CC[C@H]4c4ncccn4)nc32)CC1.Cc1cnc(C2CCC2c2nc3c(cnn3C3CCC(C)(F)CC3)c(=O)[nH]2)nc1.Cc1cnc([C@H]2CC[C@@H]2c2nc3c(cnn3C3CCC(C)(F)CC3)c(=O)[nH]2)nc1. The smallest absolute Gasteiger partial charge is 0.262 e. The summed E-state index contributed by atoms with van der Waals surface area (Å²) in [4.78, 5) is 146. The summed E-state index contributed by atoms with van der Waals surface area (Å²) in [6.45, 7) is 12.2. The largest absolute Gasteiger partial charge is 0.310 e. The van der Waals surface area contributed by atoms with E-state index >= 15 is 0 Å². The standard InChI is InChI=1S/2C21H25FN6O.3C20H23FN6O/c2*1-12-9-23-17(24-10-12)14-3-4-15(14)18-26-19-16(20(29)27-18)11-25-28(19)13-5-7-21(2,22)8-6-13;3*1-20(21)7-5-12(6-8-20)27-18-15(11-24-27)19(28)26-17(25-18)14-4-3-13(14)16-22-9-2-10-23-16/h2*9-11,13-15H,3-8H2,1-2H3,(H,26,27,29);3*2,9-14H,3-8H2,1H3,(H,25,26,28)/t13?,14-,15-,21?;;2*12?,13-,14+,20?;12?,13-,14-,20?/m0.100/s1. The molecule has 0 spiro atoms. The van der Waals surface area contributed by atoms with Gasteiger partial charge in [-0.3, -0.25) is 24.0 Å². The normalized spacial score (nSPS) is 30.0. The van der Waals surface area contributed by atoms with Crippen LogP contribution >= 0.6 is 0 Å². The number of alkyl halides is 5. The van der Waals surface area contributed by atoms with Crippen molar-refractivity contribution < 1.29 is 22.0 Å². The summed E-state index contributed by atoms with van der Waals surface area (Å²) in [7, 11) is 0. The molecule has 25 rings (SSSR count). The summed E-state index contributed by atoms with van der Waals surface area (Å²) in [6, 6.07) is 5.80. The van der Waals surface area contributed by atoms with Gasteiger partial charge in [-0.1, -0.05) is 0 Å². The van der Waals surface area contributed by atoms with Gasteiger partial charge in [0.1, 0.15) is 114 Å². The van der Waals surface area contributed by atoms with Gasteiger partial charge in [-0.25, -0.2) is 120 Å². The van der Waals surface area contributed by atoms with Crippen molar-refractivity contribution in [2.45, 2.75) is 359 Å². The first-order chi connectivity index (χ1) is 68.4. The van der Waals surface area contributed by atoms with Crippen LogP contribution in [0, 0.1) is 13.8 Å². The van der Waals surface area contributed by atoms with Crippen molar-refractivity contribution in [1.82, 2.24) is 149 Å². The number of nitrogens with zero attached hydrogens (tertiary/aromatic N) is 25. The van der Waals surface area contributed by atoms with E-state index in [4.69, 9.17) is 24.9 Å². The van der Waals surface area contributed by atoms with Gasteiger partial charge in [0, 0.05) is 121 Å². The molecule has 10 aliphatic carbocycles. The van der Waals surface area contributed by atoms with Crippen molar-refractivity contribution in [3.05, 3.63) is 232 Å². The third kappa shape index (κ3) is 19.5. The third-order valence-electron chi connectivity index (χ3n) is 32.3. The molecular formula is C102H119F5N30O5. The molecule has 0 radical (unpaired) electrons. The molecule has 742 valence electrons. The van der Waals surface area contributed by atoms with Crippen LogP contribution in [0.25, 0.3) is 55.2 Å². The number of rotatable bonds is 15. The summed E-state index contributed by atoms with van der Waals surface area (Å²) in [5.41, 5.74) is -1.32. The predicted octanol–water partition coefficient (Wildman–Crippen LogP) is 17.7. The molecule has 40 heteroatoms. The number of fused-ring (bicyclic) bond motifs is 5. The maximum absolute atomic E-state index is 14.2. The molecule has 2 unspecified atom stereocenters. The van der Waals surface area contributed by atoms with Gasteiger partial charge in [0.05, 0.1) is 61.2 Å². The van der Waals surface area contributed by atoms with E-state index in [1.807, 2.05) is 62.0 Å². The van der Waals surface area contributed by atoms with Gasteiger partial charge in [-0.15, -0.1) is 0 Å². The van der Waals surface area contributed by atoms with Crippen molar-refractivity contribution in [1.29, 1.82) is 0 Å². The lowest BCUT2D eigenvalue weighted by molar-refractivity contribution is 0.103. The molecule has 0 saturated heterocycles. The Bertz CT molecular complexity index is 6770. The molecule has 10 saturated carbocycles. The first kappa shape index (κ1) is 95.0. The van der Waals surface area contributed by atoms with Crippen LogP contribution in [-0.2, 0) is 0 Å². The molecule has 142 heavy (non-hydrogen) atoms. The van der Waals surface area contributed by atoms with E-state index in [0.29, 0.717) is 213 Å². The zero-order valence-corrected chi connectivity index (χ0v) is 80.9. The Hall–Kier alpha value is -13.2. The highest BCUT2D eigenvalue weighted by Gasteiger charge is 2.46. The zero-order chi connectivity index (χ0) is 98.3. The molecule has 10 fully saturated rings. The minimum atomic E-state index is -1.11. The van der Waals surface area contributed by atoms with Crippen molar-refractivity contribution in [3.8, 4) is 0 Å². The number of halogens is 5. The first-order valence-electron chi connectivity index (χ1n) is 50.6. The van der Waals surface area contributed by atoms with Crippen molar-refractivity contribution in [3.63, 3.8) is 0 Å². The van der Waals surface area contributed by atoms with Crippen molar-refractivity contribution in [2.24, 2.45) is 0 Å². The lowest BCUT2D eigenvalue weighted by Gasteiger charge is -2.34. The van der Waals surface area contributed by atoms with Gasteiger partial charge in [0.25, 0.3) is 27.8 Å². The van der Waals surface area contributed by atoms with E-state index in [2.05, 4.69) is 100 Å². The Morgan fingerprint density at radius 1 is 0.239 bits per heavy atom. The van der Waals surface area contributed by atoms with E-state index in [1.165, 1.54) is 0 Å². The van der Waals surface area contributed by atoms with E-state index < -0.39 is 28.3 Å². The van der Waals surface area contributed by atoms with Crippen LogP contribution in [0.1, 0.15) is 386 Å². The van der Waals surface area contributed by atoms with Crippen LogP contribution in [0.4, 0.5) is 22.0 Å². The van der Waals surface area contributed by atoms with Crippen LogP contribution in [0.3, 0.4) is 0 Å². The minimum absolute atomic E-state index is 0.0797. The summed E-state index contributed by atoms with van der Waals surface area (Å²) >= 11 is 0. The zero-order valence-electron chi connectivity index (χ0n) is 80.9. The highest BCUT2D eigenvalue weighted by Crippen LogP contribution is 2.53. The average molecular weight is 1940 g/mol. The number of hydrogen-bond donors (Lipinski definition) is 5. The fourth-order valence-electron chi connectivity index (χ4n) is 22.6. The van der Waals surface area contributed by atoms with Gasteiger partial charge >= 0.3 is 0 Å². The fraction of sp³-hybridized carbons (Fsp3) is 0.559. The highest BCUT2D eigenvalue weighted by atomic mass is 19.2. The molecule has 15 aromatic rings. The van der Waals surface area contributed by atoms with Gasteiger partial charge in [-0.2, -0.15) is 25.5 Å². The van der Waals surface area contributed by atoms with Gasteiger partial charge < -0.3 is 24.9 Å². The molecule has 0 bridgehead atoms. The summed E-state index contributed by atoms with van der Waals surface area (Å²) < 4.78 is 80.1. The number of H-pyrrole nitrogens is 5. The molecule has 5 N–H and O–H groups in total. The molecule has 0 aliphatic heterocycles. The summed E-state index contributed by atoms with van der Waals surface area (Å²) in [5.74, 6) is 8.69. The molecule has 0 amide bonds. The van der Waals surface area contributed by atoms with E-state index in [9.17, 15) is 45.9 Å². The second-order valence-corrected chi connectivity index (χ2v) is 42.6. The van der Waals surface area contributed by atoms with Crippen LogP contribution < -0.4 is 27.8 Å². The topological polar surface area (TPSA) is 447 Å². The Morgan fingerprint density at radius 3 is 0.563 bits per heavy atom.